The molecule has 1 aromatic carbocycles. The molecule has 0 aromatic heterocycles. The molecule has 1 fully saturated rings. The topological polar surface area (TPSA) is 39.1 Å². The highest BCUT2D eigenvalue weighted by Gasteiger charge is 2.30. The van der Waals surface area contributed by atoms with E-state index in [4.69, 9.17) is 5.26 Å². The molecule has 1 heterocycles. The predicted molar refractivity (Wildman–Crippen MR) is 97.9 cm³/mol. The van der Waals surface area contributed by atoms with Crippen LogP contribution in [0.4, 0.5) is 18.9 Å². The smallest absolute Gasteiger partial charge is 0.323 e. The molecule has 0 unspecified atom stereocenters. The number of alkyl halides is 3. The minimum Gasteiger partial charge on any atom is -0.323 e. The molecule has 0 spiro atoms. The molecule has 1 aliphatic rings. The van der Waals surface area contributed by atoms with E-state index in [1.807, 2.05) is 19.9 Å². The fraction of sp³-hybridized carbons (Fsp3) is 0.611. The number of rotatable bonds is 5. The van der Waals surface area contributed by atoms with E-state index in [0.29, 0.717) is 12.1 Å². The Morgan fingerprint density at radius 1 is 1.28 bits per heavy atom. The highest BCUT2D eigenvalue weighted by molar-refractivity contribution is 8.01. The van der Waals surface area contributed by atoms with Crippen LogP contribution in [0.15, 0.2) is 24.3 Å². The molecule has 1 N–H and O–H groups in total. The average Bonchev–Trinajstić information content (AvgIpc) is 2.57. The Morgan fingerprint density at radius 2 is 1.92 bits per heavy atom. The molecule has 3 nitrogen and oxygen atoms in total. The van der Waals surface area contributed by atoms with Gasteiger partial charge < -0.3 is 4.72 Å². The zero-order chi connectivity index (χ0) is 18.9. The quantitative estimate of drug-likeness (QED) is 0.661. The van der Waals surface area contributed by atoms with Crippen molar-refractivity contribution in [2.24, 2.45) is 5.41 Å². The SMILES string of the molecule is CC.CC1(CC#N)CCN(Cc2cccc(NSC(F)(F)F)c2)CC1. The summed E-state index contributed by atoms with van der Waals surface area (Å²) in [4.78, 5) is 2.29. The number of hydrogen-bond donors (Lipinski definition) is 1. The fourth-order valence-electron chi connectivity index (χ4n) is 2.73. The third kappa shape index (κ3) is 8.02. The highest BCUT2D eigenvalue weighted by Crippen LogP contribution is 2.35. The maximum Gasteiger partial charge on any atom is 0.461 e. The van der Waals surface area contributed by atoms with Crippen molar-refractivity contribution in [3.63, 3.8) is 0 Å². The minimum absolute atomic E-state index is 0.0952. The summed E-state index contributed by atoms with van der Waals surface area (Å²) in [5, 5.41) is 8.87. The van der Waals surface area contributed by atoms with E-state index in [1.165, 1.54) is 0 Å². The van der Waals surface area contributed by atoms with Crippen molar-refractivity contribution >= 4 is 17.6 Å². The summed E-state index contributed by atoms with van der Waals surface area (Å²) >= 11 is -0.248. The monoisotopic (exact) mass is 373 g/mol. The number of benzene rings is 1. The van der Waals surface area contributed by atoms with E-state index < -0.39 is 5.51 Å². The Balaban J connectivity index is 0.00000151. The van der Waals surface area contributed by atoms with Gasteiger partial charge in [-0.15, -0.1) is 0 Å². The first kappa shape index (κ1) is 21.7. The van der Waals surface area contributed by atoms with Crippen LogP contribution in [0.3, 0.4) is 0 Å². The molecule has 2 rings (SSSR count). The van der Waals surface area contributed by atoms with Gasteiger partial charge in [0.2, 0.25) is 0 Å². The Morgan fingerprint density at radius 3 is 2.48 bits per heavy atom. The molecule has 1 aliphatic heterocycles. The second kappa shape index (κ2) is 9.93. The first-order chi connectivity index (χ1) is 11.8. The van der Waals surface area contributed by atoms with Gasteiger partial charge in [0.1, 0.15) is 0 Å². The molecule has 0 saturated carbocycles. The van der Waals surface area contributed by atoms with E-state index in [0.717, 1.165) is 38.0 Å². The third-order valence-electron chi connectivity index (χ3n) is 4.19. The Kier molecular flexibility index (Phi) is 8.60. The average molecular weight is 373 g/mol. The van der Waals surface area contributed by atoms with Gasteiger partial charge in [-0.2, -0.15) is 18.4 Å². The number of likely N-dealkylation sites (tertiary alicyclic amines) is 1. The van der Waals surface area contributed by atoms with Crippen molar-refractivity contribution < 1.29 is 13.2 Å². The predicted octanol–water partition coefficient (Wildman–Crippen LogP) is 5.81. The molecule has 0 aliphatic carbocycles. The molecule has 0 bridgehead atoms. The maximum absolute atomic E-state index is 12.2. The zero-order valence-electron chi connectivity index (χ0n) is 15.0. The normalized spacial score (nSPS) is 17.2. The van der Waals surface area contributed by atoms with Gasteiger partial charge in [-0.05, 0) is 49.0 Å². The van der Waals surface area contributed by atoms with Gasteiger partial charge >= 0.3 is 5.51 Å². The molecule has 0 radical (unpaired) electrons. The van der Waals surface area contributed by atoms with Crippen molar-refractivity contribution in [1.82, 2.24) is 4.90 Å². The standard InChI is InChI=1S/C16H20F3N3S.C2H6/c1-15(5-8-20)6-9-22(10-7-15)12-13-3-2-4-14(11-13)21-23-16(17,18)19;1-2/h2-4,11,21H,5-7,9-10,12H2,1H3;1-2H3. The van der Waals surface area contributed by atoms with Crippen LogP contribution in [-0.4, -0.2) is 23.5 Å². The molecule has 7 heteroatoms. The van der Waals surface area contributed by atoms with E-state index in [1.54, 1.807) is 18.2 Å². The summed E-state index contributed by atoms with van der Waals surface area (Å²) in [6.07, 6.45) is 2.53. The van der Waals surface area contributed by atoms with Gasteiger partial charge in [0.15, 0.2) is 0 Å². The number of nitrogens with one attached hydrogen (secondary N) is 1. The Labute approximate surface area is 152 Å². The summed E-state index contributed by atoms with van der Waals surface area (Å²) in [5.41, 5.74) is -2.76. The third-order valence-corrected chi connectivity index (χ3v) is 4.76. The summed E-state index contributed by atoms with van der Waals surface area (Å²) in [7, 11) is 0. The van der Waals surface area contributed by atoms with Crippen LogP contribution < -0.4 is 4.72 Å². The van der Waals surface area contributed by atoms with E-state index in [9.17, 15) is 13.2 Å². The second-order valence-corrected chi connectivity index (χ2v) is 7.14. The van der Waals surface area contributed by atoms with Gasteiger partial charge in [-0.1, -0.05) is 32.9 Å². The number of piperidine rings is 1. The van der Waals surface area contributed by atoms with E-state index in [2.05, 4.69) is 22.6 Å². The van der Waals surface area contributed by atoms with Crippen LogP contribution in [0.25, 0.3) is 0 Å². The molecule has 0 atom stereocenters. The zero-order valence-corrected chi connectivity index (χ0v) is 15.8. The lowest BCUT2D eigenvalue weighted by molar-refractivity contribution is -0.0323. The number of nitriles is 1. The Bertz CT molecular complexity index is 561. The number of halogens is 3. The first-order valence-corrected chi connectivity index (χ1v) is 9.30. The van der Waals surface area contributed by atoms with Crippen LogP contribution in [-0.2, 0) is 6.54 Å². The molecule has 0 amide bonds. The van der Waals surface area contributed by atoms with Crippen LogP contribution >= 0.6 is 11.9 Å². The highest BCUT2D eigenvalue weighted by atomic mass is 32.2. The lowest BCUT2D eigenvalue weighted by Gasteiger charge is -2.38. The fourth-order valence-corrected chi connectivity index (χ4v) is 3.09. The lowest BCUT2D eigenvalue weighted by atomic mass is 9.78. The van der Waals surface area contributed by atoms with Crippen LogP contribution in [0.2, 0.25) is 0 Å². The number of hydrogen-bond acceptors (Lipinski definition) is 4. The molecule has 140 valence electrons. The van der Waals surface area contributed by atoms with Gasteiger partial charge in [-0.25, -0.2) is 0 Å². The number of nitrogens with zero attached hydrogens (tertiary/aromatic N) is 2. The van der Waals surface area contributed by atoms with Crippen LogP contribution in [0.1, 0.15) is 45.6 Å². The van der Waals surface area contributed by atoms with Crippen molar-refractivity contribution in [2.45, 2.75) is 52.1 Å². The summed E-state index contributed by atoms with van der Waals surface area (Å²) in [5.74, 6) is 0. The maximum atomic E-state index is 12.2. The Hall–Kier alpha value is -1.39. The largest absolute Gasteiger partial charge is 0.461 e. The van der Waals surface area contributed by atoms with Crippen LogP contribution in [0.5, 0.6) is 0 Å². The van der Waals surface area contributed by atoms with Gasteiger partial charge in [0.05, 0.1) is 18.0 Å². The first-order valence-electron chi connectivity index (χ1n) is 8.49. The second-order valence-electron chi connectivity index (χ2n) is 6.27. The molecular formula is C18H26F3N3S. The molecule has 25 heavy (non-hydrogen) atoms. The summed E-state index contributed by atoms with van der Waals surface area (Å²) < 4.78 is 39.0. The lowest BCUT2D eigenvalue weighted by Crippen LogP contribution is -2.38. The summed E-state index contributed by atoms with van der Waals surface area (Å²) in [6.45, 7) is 8.68. The van der Waals surface area contributed by atoms with Crippen molar-refractivity contribution in [3.8, 4) is 6.07 Å². The van der Waals surface area contributed by atoms with Crippen LogP contribution in [0, 0.1) is 16.7 Å². The number of anilines is 1. The molecule has 1 aromatic rings. The molecule has 1 saturated heterocycles. The van der Waals surface area contributed by atoms with Crippen molar-refractivity contribution in [2.75, 3.05) is 17.8 Å². The van der Waals surface area contributed by atoms with Crippen molar-refractivity contribution in [3.05, 3.63) is 29.8 Å². The molecular weight excluding hydrogens is 347 g/mol. The summed E-state index contributed by atoms with van der Waals surface area (Å²) in [6, 6.07) is 9.32. The minimum atomic E-state index is -4.30. The van der Waals surface area contributed by atoms with Crippen molar-refractivity contribution in [1.29, 1.82) is 5.26 Å². The van der Waals surface area contributed by atoms with Gasteiger partial charge in [0.25, 0.3) is 0 Å². The van der Waals surface area contributed by atoms with Gasteiger partial charge in [0, 0.05) is 18.7 Å². The van der Waals surface area contributed by atoms with E-state index in [-0.39, 0.29) is 17.4 Å². The van der Waals surface area contributed by atoms with Gasteiger partial charge in [-0.3, -0.25) is 4.90 Å². The van der Waals surface area contributed by atoms with E-state index >= 15 is 0 Å².